The summed E-state index contributed by atoms with van der Waals surface area (Å²) < 4.78 is 5.24. The van der Waals surface area contributed by atoms with E-state index in [0.717, 1.165) is 0 Å². The molecule has 1 unspecified atom stereocenters. The van der Waals surface area contributed by atoms with E-state index in [-0.39, 0.29) is 31.2 Å². The van der Waals surface area contributed by atoms with Crippen molar-refractivity contribution in [3.8, 4) is 0 Å². The molecular weight excluding hydrogens is 208 g/mol. The maximum atomic E-state index is 11.2. The number of nitrogens with one attached hydrogen (secondary N) is 2. The topological polar surface area (TPSA) is 70.6 Å². The summed E-state index contributed by atoms with van der Waals surface area (Å²) in [6.07, 6.45) is -0.465. The Morgan fingerprint density at radius 1 is 1.31 bits per heavy atom. The van der Waals surface area contributed by atoms with Crippen LogP contribution >= 0.6 is 0 Å². The van der Waals surface area contributed by atoms with Gasteiger partial charge in [-0.2, -0.15) is 0 Å². The quantitative estimate of drug-likeness (QED) is 0.546. The van der Waals surface area contributed by atoms with Crippen molar-refractivity contribution in [1.29, 1.82) is 0 Å². The molecule has 5 nitrogen and oxygen atoms in total. The molecule has 1 amide bonds. The Balaban J connectivity index is 3.46. The molecule has 0 aromatic heterocycles. The first-order valence-corrected chi connectivity index (χ1v) is 5.71. The van der Waals surface area contributed by atoms with E-state index in [0.29, 0.717) is 6.54 Å². The Morgan fingerprint density at radius 2 is 1.94 bits per heavy atom. The van der Waals surface area contributed by atoms with Crippen LogP contribution in [0.2, 0.25) is 0 Å². The van der Waals surface area contributed by atoms with Crippen LogP contribution in [0.15, 0.2) is 0 Å². The molecule has 0 aliphatic heterocycles. The zero-order chi connectivity index (χ0) is 12.6. The van der Waals surface area contributed by atoms with Gasteiger partial charge in [-0.05, 0) is 27.7 Å². The molecular formula is C11H24N2O3. The lowest BCUT2D eigenvalue weighted by molar-refractivity contribution is -0.120. The minimum Gasteiger partial charge on any atom is -0.389 e. The van der Waals surface area contributed by atoms with Gasteiger partial charge in [0, 0.05) is 12.6 Å². The van der Waals surface area contributed by atoms with Gasteiger partial charge >= 0.3 is 0 Å². The number of hydrogen-bond donors (Lipinski definition) is 3. The van der Waals surface area contributed by atoms with Crippen molar-refractivity contribution in [2.45, 2.75) is 45.9 Å². The summed E-state index contributed by atoms with van der Waals surface area (Å²) in [4.78, 5) is 11.2. The number of carbonyl (C=O) groups is 1. The summed E-state index contributed by atoms with van der Waals surface area (Å²) in [5.41, 5.74) is 0. The van der Waals surface area contributed by atoms with Crippen molar-refractivity contribution < 1.29 is 14.6 Å². The average Bonchev–Trinajstić information content (AvgIpc) is 2.13. The second-order valence-electron chi connectivity index (χ2n) is 4.39. The number of rotatable bonds is 8. The van der Waals surface area contributed by atoms with Crippen molar-refractivity contribution in [1.82, 2.24) is 10.6 Å². The molecule has 0 bridgehead atoms. The summed E-state index contributed by atoms with van der Waals surface area (Å²) in [7, 11) is 0. The van der Waals surface area contributed by atoms with Crippen molar-refractivity contribution in [2.24, 2.45) is 0 Å². The Kier molecular flexibility index (Phi) is 8.15. The number of aliphatic hydroxyl groups is 1. The molecule has 1 atom stereocenters. The van der Waals surface area contributed by atoms with Crippen LogP contribution in [-0.2, 0) is 9.53 Å². The third-order valence-corrected chi connectivity index (χ3v) is 1.74. The second-order valence-corrected chi connectivity index (χ2v) is 4.39. The number of aliphatic hydroxyl groups excluding tert-OH is 1. The third-order valence-electron chi connectivity index (χ3n) is 1.74. The molecule has 5 heteroatoms. The molecule has 3 N–H and O–H groups in total. The van der Waals surface area contributed by atoms with Gasteiger partial charge in [0.2, 0.25) is 5.91 Å². The number of hydrogen-bond acceptors (Lipinski definition) is 4. The van der Waals surface area contributed by atoms with Gasteiger partial charge in [-0.25, -0.2) is 0 Å². The maximum absolute atomic E-state index is 11.2. The van der Waals surface area contributed by atoms with Crippen LogP contribution in [-0.4, -0.2) is 49.0 Å². The molecule has 96 valence electrons. The van der Waals surface area contributed by atoms with Gasteiger partial charge in [-0.1, -0.05) is 0 Å². The van der Waals surface area contributed by atoms with Crippen LogP contribution in [0.3, 0.4) is 0 Å². The van der Waals surface area contributed by atoms with Gasteiger partial charge in [0.15, 0.2) is 0 Å². The summed E-state index contributed by atoms with van der Waals surface area (Å²) in [5, 5.41) is 15.1. The van der Waals surface area contributed by atoms with Gasteiger partial charge in [-0.15, -0.1) is 0 Å². The first kappa shape index (κ1) is 15.3. The zero-order valence-corrected chi connectivity index (χ0v) is 10.6. The summed E-state index contributed by atoms with van der Waals surface area (Å²) in [6, 6.07) is 0.142. The molecule has 0 rings (SSSR count). The monoisotopic (exact) mass is 232 g/mol. The highest BCUT2D eigenvalue weighted by molar-refractivity contribution is 5.78. The van der Waals surface area contributed by atoms with Crippen LogP contribution in [0, 0.1) is 0 Å². The molecule has 0 saturated heterocycles. The van der Waals surface area contributed by atoms with Crippen molar-refractivity contribution >= 4 is 5.91 Å². The molecule has 0 aliphatic rings. The largest absolute Gasteiger partial charge is 0.389 e. The van der Waals surface area contributed by atoms with E-state index in [9.17, 15) is 9.90 Å². The van der Waals surface area contributed by atoms with Gasteiger partial charge in [0.05, 0.1) is 25.4 Å². The van der Waals surface area contributed by atoms with E-state index >= 15 is 0 Å². The lowest BCUT2D eigenvalue weighted by Gasteiger charge is -2.14. The number of carbonyl (C=O) groups excluding carboxylic acids is 1. The van der Waals surface area contributed by atoms with E-state index in [1.165, 1.54) is 0 Å². The Morgan fingerprint density at radius 3 is 2.44 bits per heavy atom. The number of ether oxygens (including phenoxy) is 1. The second kappa shape index (κ2) is 8.50. The van der Waals surface area contributed by atoms with E-state index in [4.69, 9.17) is 4.74 Å². The predicted octanol–water partition coefficient (Wildman–Crippen LogP) is -0.113. The maximum Gasteiger partial charge on any atom is 0.234 e. The van der Waals surface area contributed by atoms with Gasteiger partial charge in [0.1, 0.15) is 0 Å². The fraction of sp³-hybridized carbons (Fsp3) is 0.909. The first-order valence-electron chi connectivity index (χ1n) is 5.71. The van der Waals surface area contributed by atoms with Crippen LogP contribution in [0.4, 0.5) is 0 Å². The Hall–Kier alpha value is -0.650. The standard InChI is InChI=1S/C11H24N2O3/c1-8(2)13-11(15)6-12-5-10(14)7-16-9(3)4/h8-10,12,14H,5-7H2,1-4H3,(H,13,15). The van der Waals surface area contributed by atoms with Gasteiger partial charge in [-0.3, -0.25) is 4.79 Å². The van der Waals surface area contributed by atoms with E-state index in [2.05, 4.69) is 10.6 Å². The average molecular weight is 232 g/mol. The predicted molar refractivity (Wildman–Crippen MR) is 63.2 cm³/mol. The summed E-state index contributed by atoms with van der Waals surface area (Å²) >= 11 is 0. The van der Waals surface area contributed by atoms with Crippen molar-refractivity contribution in [3.05, 3.63) is 0 Å². The summed E-state index contributed by atoms with van der Waals surface area (Å²) in [6.45, 7) is 8.50. The lowest BCUT2D eigenvalue weighted by Crippen LogP contribution is -2.40. The molecule has 0 aromatic rings. The smallest absolute Gasteiger partial charge is 0.234 e. The molecule has 0 fully saturated rings. The van der Waals surface area contributed by atoms with Gasteiger partial charge in [0.25, 0.3) is 0 Å². The SMILES string of the molecule is CC(C)NC(=O)CNCC(O)COC(C)C. The van der Waals surface area contributed by atoms with E-state index < -0.39 is 6.10 Å². The van der Waals surface area contributed by atoms with Crippen LogP contribution in [0.25, 0.3) is 0 Å². The number of amides is 1. The third kappa shape index (κ3) is 9.89. The highest BCUT2D eigenvalue weighted by Gasteiger charge is 2.07. The summed E-state index contributed by atoms with van der Waals surface area (Å²) in [5.74, 6) is -0.0630. The molecule has 0 aliphatic carbocycles. The fourth-order valence-electron chi connectivity index (χ4n) is 1.09. The molecule has 0 saturated carbocycles. The zero-order valence-electron chi connectivity index (χ0n) is 10.6. The van der Waals surface area contributed by atoms with Crippen molar-refractivity contribution in [3.63, 3.8) is 0 Å². The van der Waals surface area contributed by atoms with Crippen LogP contribution in [0.5, 0.6) is 0 Å². The van der Waals surface area contributed by atoms with Gasteiger partial charge < -0.3 is 20.5 Å². The fourth-order valence-corrected chi connectivity index (χ4v) is 1.09. The highest BCUT2D eigenvalue weighted by Crippen LogP contribution is 1.90. The van der Waals surface area contributed by atoms with E-state index in [1.807, 2.05) is 27.7 Å². The molecule has 16 heavy (non-hydrogen) atoms. The Labute approximate surface area is 97.6 Å². The van der Waals surface area contributed by atoms with Crippen LogP contribution in [0.1, 0.15) is 27.7 Å². The molecule has 0 radical (unpaired) electrons. The normalized spacial score (nSPS) is 13.2. The van der Waals surface area contributed by atoms with Crippen molar-refractivity contribution in [2.75, 3.05) is 19.7 Å². The minimum absolute atomic E-state index is 0.0630. The first-order chi connectivity index (χ1) is 7.41. The molecule has 0 heterocycles. The minimum atomic E-state index is -0.575. The van der Waals surface area contributed by atoms with Crippen LogP contribution < -0.4 is 10.6 Å². The highest BCUT2D eigenvalue weighted by atomic mass is 16.5. The Bertz CT molecular complexity index is 196. The lowest BCUT2D eigenvalue weighted by atomic mass is 10.3. The molecule has 0 aromatic carbocycles. The van der Waals surface area contributed by atoms with E-state index in [1.54, 1.807) is 0 Å². The molecule has 0 spiro atoms.